The van der Waals surface area contributed by atoms with Crippen molar-refractivity contribution in [2.45, 2.75) is 64.0 Å². The Hall–Kier alpha value is -0.410. The maximum Gasteiger partial charge on any atom is 0.135 e. The maximum absolute atomic E-state index is 11.3. The molecule has 1 aliphatic carbocycles. The Kier molecular flexibility index (Phi) is 4.21. The molecule has 1 aliphatic heterocycles. The van der Waals surface area contributed by atoms with E-state index in [0.717, 1.165) is 32.5 Å². The first kappa shape index (κ1) is 13.0. The summed E-state index contributed by atoms with van der Waals surface area (Å²) in [6.07, 6.45) is 6.76. The highest BCUT2D eigenvalue weighted by Crippen LogP contribution is 2.35. The molecule has 0 aromatic carbocycles. The lowest BCUT2D eigenvalue weighted by atomic mass is 9.79. The Morgan fingerprint density at radius 1 is 1.29 bits per heavy atom. The molecular formula is C14H25NO2. The lowest BCUT2D eigenvalue weighted by molar-refractivity contribution is -0.123. The standard InChI is InChI=1S/C14H25NO2/c1-3-17-13-4-8-14(2,9-5-13)15-10-6-12(16)7-11-15/h13H,3-11H2,1-2H3/t13-,14+. The van der Waals surface area contributed by atoms with Crippen LogP contribution < -0.4 is 0 Å². The Bertz CT molecular complexity index is 259. The van der Waals surface area contributed by atoms with Gasteiger partial charge in [-0.25, -0.2) is 0 Å². The number of hydrogen-bond acceptors (Lipinski definition) is 3. The summed E-state index contributed by atoms with van der Waals surface area (Å²) in [6, 6.07) is 0. The fourth-order valence-corrected chi connectivity index (χ4v) is 3.23. The second kappa shape index (κ2) is 5.49. The van der Waals surface area contributed by atoms with Crippen LogP contribution in [0.3, 0.4) is 0 Å². The number of rotatable bonds is 3. The van der Waals surface area contributed by atoms with E-state index in [1.165, 1.54) is 25.7 Å². The van der Waals surface area contributed by atoms with Gasteiger partial charge in [-0.1, -0.05) is 0 Å². The molecule has 3 heteroatoms. The average molecular weight is 239 g/mol. The smallest absolute Gasteiger partial charge is 0.135 e. The van der Waals surface area contributed by atoms with Gasteiger partial charge in [0.15, 0.2) is 0 Å². The second-order valence-corrected chi connectivity index (χ2v) is 5.68. The second-order valence-electron chi connectivity index (χ2n) is 5.68. The molecule has 0 bridgehead atoms. The number of ether oxygens (including phenoxy) is 1. The van der Waals surface area contributed by atoms with Gasteiger partial charge in [-0.2, -0.15) is 0 Å². The molecule has 3 nitrogen and oxygen atoms in total. The lowest BCUT2D eigenvalue weighted by Crippen LogP contribution is -2.52. The minimum absolute atomic E-state index is 0.314. The first-order chi connectivity index (χ1) is 8.14. The molecule has 0 atom stereocenters. The largest absolute Gasteiger partial charge is 0.379 e. The van der Waals surface area contributed by atoms with Gasteiger partial charge in [0.25, 0.3) is 0 Å². The predicted octanol–water partition coefficient (Wildman–Crippen LogP) is 2.39. The summed E-state index contributed by atoms with van der Waals surface area (Å²) >= 11 is 0. The quantitative estimate of drug-likeness (QED) is 0.757. The van der Waals surface area contributed by atoms with E-state index in [9.17, 15) is 4.79 Å². The topological polar surface area (TPSA) is 29.5 Å². The summed E-state index contributed by atoms with van der Waals surface area (Å²) in [5, 5.41) is 0. The van der Waals surface area contributed by atoms with Crippen molar-refractivity contribution in [1.82, 2.24) is 4.90 Å². The monoisotopic (exact) mass is 239 g/mol. The highest BCUT2D eigenvalue weighted by Gasteiger charge is 2.37. The molecule has 98 valence electrons. The van der Waals surface area contributed by atoms with Crippen LogP contribution in [0.1, 0.15) is 52.4 Å². The van der Waals surface area contributed by atoms with Crippen LogP contribution in [-0.2, 0) is 9.53 Å². The molecule has 0 aromatic rings. The Morgan fingerprint density at radius 2 is 1.88 bits per heavy atom. The number of hydrogen-bond donors (Lipinski definition) is 0. The summed E-state index contributed by atoms with van der Waals surface area (Å²) in [6.45, 7) is 7.21. The lowest BCUT2D eigenvalue weighted by Gasteiger charge is -2.47. The van der Waals surface area contributed by atoms with Gasteiger partial charge >= 0.3 is 0 Å². The third-order valence-corrected chi connectivity index (χ3v) is 4.50. The fourth-order valence-electron chi connectivity index (χ4n) is 3.23. The SMILES string of the molecule is CCO[C@H]1CC[C@@](C)(N2CCC(=O)CC2)CC1. The van der Waals surface area contributed by atoms with Crippen molar-refractivity contribution in [2.75, 3.05) is 19.7 Å². The Balaban J connectivity index is 1.86. The molecule has 0 aromatic heterocycles. The van der Waals surface area contributed by atoms with Crippen molar-refractivity contribution < 1.29 is 9.53 Å². The van der Waals surface area contributed by atoms with E-state index >= 15 is 0 Å². The van der Waals surface area contributed by atoms with Gasteiger partial charge in [0.1, 0.15) is 5.78 Å². The van der Waals surface area contributed by atoms with Crippen LogP contribution in [-0.4, -0.2) is 42.0 Å². The summed E-state index contributed by atoms with van der Waals surface area (Å²) in [7, 11) is 0. The molecule has 2 fully saturated rings. The third kappa shape index (κ3) is 3.08. The molecule has 2 rings (SSSR count). The Morgan fingerprint density at radius 3 is 2.41 bits per heavy atom. The molecule has 0 spiro atoms. The first-order valence-electron chi connectivity index (χ1n) is 7.02. The van der Waals surface area contributed by atoms with E-state index < -0.39 is 0 Å². The van der Waals surface area contributed by atoms with Crippen LogP contribution in [0.25, 0.3) is 0 Å². The number of carbonyl (C=O) groups excluding carboxylic acids is 1. The van der Waals surface area contributed by atoms with Gasteiger partial charge in [0.2, 0.25) is 0 Å². The van der Waals surface area contributed by atoms with Gasteiger partial charge in [-0.05, 0) is 39.5 Å². The summed E-state index contributed by atoms with van der Waals surface area (Å²) in [5.41, 5.74) is 0.314. The van der Waals surface area contributed by atoms with Crippen LogP contribution in [0.15, 0.2) is 0 Å². The average Bonchev–Trinajstić information content (AvgIpc) is 2.33. The van der Waals surface area contributed by atoms with E-state index in [1.54, 1.807) is 0 Å². The van der Waals surface area contributed by atoms with Crippen LogP contribution >= 0.6 is 0 Å². The van der Waals surface area contributed by atoms with Crippen molar-refractivity contribution in [2.24, 2.45) is 0 Å². The maximum atomic E-state index is 11.3. The van der Waals surface area contributed by atoms with Gasteiger partial charge < -0.3 is 4.74 Å². The van der Waals surface area contributed by atoms with E-state index in [4.69, 9.17) is 4.74 Å². The minimum Gasteiger partial charge on any atom is -0.379 e. The van der Waals surface area contributed by atoms with Gasteiger partial charge in [0, 0.05) is 38.1 Å². The van der Waals surface area contributed by atoms with E-state index in [-0.39, 0.29) is 0 Å². The third-order valence-electron chi connectivity index (χ3n) is 4.50. The summed E-state index contributed by atoms with van der Waals surface area (Å²) < 4.78 is 5.71. The molecule has 1 saturated heterocycles. The van der Waals surface area contributed by atoms with Crippen LogP contribution in [0, 0.1) is 0 Å². The summed E-state index contributed by atoms with van der Waals surface area (Å²) in [4.78, 5) is 13.8. The van der Waals surface area contributed by atoms with Crippen molar-refractivity contribution in [3.05, 3.63) is 0 Å². The van der Waals surface area contributed by atoms with Crippen molar-refractivity contribution in [1.29, 1.82) is 0 Å². The zero-order valence-corrected chi connectivity index (χ0v) is 11.2. The number of ketones is 1. The molecule has 0 N–H and O–H groups in total. The van der Waals surface area contributed by atoms with E-state index in [2.05, 4.69) is 18.7 Å². The normalized spacial score (nSPS) is 36.1. The first-order valence-corrected chi connectivity index (χ1v) is 7.02. The van der Waals surface area contributed by atoms with Crippen LogP contribution in [0.4, 0.5) is 0 Å². The molecule has 1 saturated carbocycles. The highest BCUT2D eigenvalue weighted by molar-refractivity contribution is 5.79. The molecule has 1 heterocycles. The predicted molar refractivity (Wildman–Crippen MR) is 68.1 cm³/mol. The number of likely N-dealkylation sites (tertiary alicyclic amines) is 1. The van der Waals surface area contributed by atoms with Crippen LogP contribution in [0.2, 0.25) is 0 Å². The van der Waals surface area contributed by atoms with Gasteiger partial charge in [0.05, 0.1) is 6.10 Å². The number of Topliss-reactive ketones (excluding diaryl/α,β-unsaturated/α-hetero) is 1. The number of carbonyl (C=O) groups is 1. The zero-order valence-electron chi connectivity index (χ0n) is 11.2. The van der Waals surface area contributed by atoms with Crippen molar-refractivity contribution in [3.8, 4) is 0 Å². The molecule has 0 radical (unpaired) electrons. The number of piperidine rings is 1. The highest BCUT2D eigenvalue weighted by atomic mass is 16.5. The molecule has 0 unspecified atom stereocenters. The van der Waals surface area contributed by atoms with Gasteiger partial charge in [-0.15, -0.1) is 0 Å². The Labute approximate surface area is 105 Å². The van der Waals surface area contributed by atoms with E-state index in [0.29, 0.717) is 17.4 Å². The van der Waals surface area contributed by atoms with Gasteiger partial charge in [-0.3, -0.25) is 9.69 Å². The molecule has 0 amide bonds. The molecule has 17 heavy (non-hydrogen) atoms. The minimum atomic E-state index is 0.314. The fraction of sp³-hybridized carbons (Fsp3) is 0.929. The van der Waals surface area contributed by atoms with Crippen molar-refractivity contribution >= 4 is 5.78 Å². The van der Waals surface area contributed by atoms with Crippen molar-refractivity contribution in [3.63, 3.8) is 0 Å². The van der Waals surface area contributed by atoms with E-state index in [1.807, 2.05) is 0 Å². The van der Waals surface area contributed by atoms with Crippen LogP contribution in [0.5, 0.6) is 0 Å². The summed E-state index contributed by atoms with van der Waals surface area (Å²) in [5.74, 6) is 0.438. The molecule has 2 aliphatic rings. The zero-order chi connectivity index (χ0) is 12.3. The molecular weight excluding hydrogens is 214 g/mol. The number of nitrogens with zero attached hydrogens (tertiary/aromatic N) is 1.